The maximum absolute atomic E-state index is 13.9. The van der Waals surface area contributed by atoms with E-state index >= 15 is 0 Å². The molecule has 1 aliphatic heterocycles. The Bertz CT molecular complexity index is 761. The maximum Gasteiger partial charge on any atom is 0.222 e. The smallest absolute Gasteiger partial charge is 0.222 e. The van der Waals surface area contributed by atoms with Gasteiger partial charge in [-0.3, -0.25) is 4.79 Å². The van der Waals surface area contributed by atoms with E-state index < -0.39 is 0 Å². The molecule has 1 unspecified atom stereocenters. The average molecular weight is 340 g/mol. The lowest BCUT2D eigenvalue weighted by atomic mass is 10.0. The van der Waals surface area contributed by atoms with Crippen molar-refractivity contribution in [3.8, 4) is 0 Å². The molecule has 0 aromatic heterocycles. The molecule has 0 saturated heterocycles. The van der Waals surface area contributed by atoms with Crippen LogP contribution in [-0.4, -0.2) is 29.2 Å². The predicted octanol–water partition coefficient (Wildman–Crippen LogP) is 3.76. The van der Waals surface area contributed by atoms with Gasteiger partial charge >= 0.3 is 0 Å². The molecule has 0 aliphatic carbocycles. The molecule has 1 amide bonds. The van der Waals surface area contributed by atoms with Crippen LogP contribution >= 0.6 is 0 Å². The van der Waals surface area contributed by atoms with Gasteiger partial charge in [-0.1, -0.05) is 60.6 Å². The number of carbonyl (C=O) groups excluding carboxylic acids is 1. The van der Waals surface area contributed by atoms with Crippen molar-refractivity contribution in [2.75, 3.05) is 6.54 Å². The van der Waals surface area contributed by atoms with E-state index in [4.69, 9.17) is 4.84 Å². The summed E-state index contributed by atoms with van der Waals surface area (Å²) in [5.74, 6) is -0.329. The fourth-order valence-corrected chi connectivity index (χ4v) is 2.88. The predicted molar refractivity (Wildman–Crippen MR) is 94.6 cm³/mol. The summed E-state index contributed by atoms with van der Waals surface area (Å²) in [5, 5.41) is 4.15. The topological polar surface area (TPSA) is 41.9 Å². The fourth-order valence-electron chi connectivity index (χ4n) is 2.88. The standard InChI is InChI=1S/C20H21FN2O2/c1-2-20(24)23(13-16-10-6-7-11-18(16)21)14-17-12-19(22-25-17)15-8-4-3-5-9-15/h3-11,17H,2,12-14H2,1H3. The van der Waals surface area contributed by atoms with Gasteiger partial charge in [0.25, 0.3) is 0 Å². The van der Waals surface area contributed by atoms with E-state index in [1.165, 1.54) is 6.07 Å². The lowest BCUT2D eigenvalue weighted by Crippen LogP contribution is -2.37. The van der Waals surface area contributed by atoms with Gasteiger partial charge in [0.05, 0.1) is 12.3 Å². The highest BCUT2D eigenvalue weighted by molar-refractivity contribution is 6.01. The van der Waals surface area contributed by atoms with E-state index in [1.807, 2.05) is 30.3 Å². The largest absolute Gasteiger partial charge is 0.390 e. The van der Waals surface area contributed by atoms with Gasteiger partial charge in [0.15, 0.2) is 6.10 Å². The van der Waals surface area contributed by atoms with Crippen molar-refractivity contribution in [3.63, 3.8) is 0 Å². The van der Waals surface area contributed by atoms with Crippen molar-refractivity contribution >= 4 is 11.6 Å². The molecule has 130 valence electrons. The first-order valence-corrected chi connectivity index (χ1v) is 8.46. The molecule has 2 aromatic rings. The fraction of sp³-hybridized carbons (Fsp3) is 0.300. The molecule has 0 N–H and O–H groups in total. The molecular formula is C20H21FN2O2. The summed E-state index contributed by atoms with van der Waals surface area (Å²) in [6.07, 6.45) is 0.792. The van der Waals surface area contributed by atoms with Crippen molar-refractivity contribution < 1.29 is 14.0 Å². The molecular weight excluding hydrogens is 319 g/mol. The van der Waals surface area contributed by atoms with E-state index in [0.717, 1.165) is 11.3 Å². The number of oxime groups is 1. The number of hydrogen-bond donors (Lipinski definition) is 0. The zero-order valence-electron chi connectivity index (χ0n) is 14.2. The van der Waals surface area contributed by atoms with Gasteiger partial charge in [0.1, 0.15) is 5.82 Å². The summed E-state index contributed by atoms with van der Waals surface area (Å²) >= 11 is 0. The van der Waals surface area contributed by atoms with Gasteiger partial charge in [-0.05, 0) is 11.6 Å². The number of halogens is 1. The number of carbonyl (C=O) groups is 1. The number of nitrogens with zero attached hydrogens (tertiary/aromatic N) is 2. The monoisotopic (exact) mass is 340 g/mol. The molecule has 0 spiro atoms. The third-order valence-electron chi connectivity index (χ3n) is 4.24. The second kappa shape index (κ2) is 7.92. The van der Waals surface area contributed by atoms with Gasteiger partial charge in [0, 0.05) is 24.9 Å². The minimum Gasteiger partial charge on any atom is -0.390 e. The van der Waals surface area contributed by atoms with E-state index in [-0.39, 0.29) is 24.4 Å². The summed E-state index contributed by atoms with van der Waals surface area (Å²) in [4.78, 5) is 19.4. The molecule has 0 bridgehead atoms. The Hall–Kier alpha value is -2.69. The van der Waals surface area contributed by atoms with Crippen LogP contribution in [0, 0.1) is 5.82 Å². The van der Waals surface area contributed by atoms with Crippen LogP contribution in [-0.2, 0) is 16.2 Å². The average Bonchev–Trinajstić information content (AvgIpc) is 3.11. The number of amides is 1. The van der Waals surface area contributed by atoms with E-state index in [9.17, 15) is 9.18 Å². The molecule has 0 saturated carbocycles. The number of hydrogen-bond acceptors (Lipinski definition) is 3. The molecule has 3 rings (SSSR count). The molecule has 1 atom stereocenters. The SMILES string of the molecule is CCC(=O)N(Cc1ccccc1F)CC1CC(c2ccccc2)=NO1. The first-order chi connectivity index (χ1) is 12.2. The highest BCUT2D eigenvalue weighted by Crippen LogP contribution is 2.19. The Labute approximate surface area is 146 Å². The Kier molecular flexibility index (Phi) is 5.43. The van der Waals surface area contributed by atoms with Crippen molar-refractivity contribution in [2.24, 2.45) is 5.16 Å². The van der Waals surface area contributed by atoms with Crippen LogP contribution in [0.5, 0.6) is 0 Å². The van der Waals surface area contributed by atoms with Crippen LogP contribution < -0.4 is 0 Å². The Morgan fingerprint density at radius 1 is 1.20 bits per heavy atom. The summed E-state index contributed by atoms with van der Waals surface area (Å²) in [6, 6.07) is 16.4. The quantitative estimate of drug-likeness (QED) is 0.803. The van der Waals surface area contributed by atoms with Crippen molar-refractivity contribution in [2.45, 2.75) is 32.4 Å². The first-order valence-electron chi connectivity index (χ1n) is 8.46. The van der Waals surface area contributed by atoms with Gasteiger partial charge < -0.3 is 9.74 Å². The van der Waals surface area contributed by atoms with Crippen molar-refractivity contribution in [1.29, 1.82) is 0 Å². The molecule has 2 aromatic carbocycles. The van der Waals surface area contributed by atoms with Gasteiger partial charge in [-0.25, -0.2) is 4.39 Å². The molecule has 4 nitrogen and oxygen atoms in total. The molecule has 1 aliphatic rings. The van der Waals surface area contributed by atoms with E-state index in [0.29, 0.717) is 24.9 Å². The molecule has 0 fully saturated rings. The summed E-state index contributed by atoms with van der Waals surface area (Å²) in [5.41, 5.74) is 2.40. The number of benzene rings is 2. The minimum absolute atomic E-state index is 0.0278. The van der Waals surface area contributed by atoms with Gasteiger partial charge in [-0.15, -0.1) is 0 Å². The van der Waals surface area contributed by atoms with Crippen molar-refractivity contribution in [1.82, 2.24) is 4.90 Å². The summed E-state index contributed by atoms with van der Waals surface area (Å²) in [7, 11) is 0. The highest BCUT2D eigenvalue weighted by atomic mass is 19.1. The Morgan fingerprint density at radius 2 is 1.92 bits per heavy atom. The van der Waals surface area contributed by atoms with Crippen LogP contribution in [0.3, 0.4) is 0 Å². The molecule has 1 heterocycles. The van der Waals surface area contributed by atoms with Crippen LogP contribution in [0.25, 0.3) is 0 Å². The summed E-state index contributed by atoms with van der Waals surface area (Å²) in [6.45, 7) is 2.43. The number of rotatable bonds is 6. The third kappa shape index (κ3) is 4.24. The van der Waals surface area contributed by atoms with Crippen LogP contribution in [0.2, 0.25) is 0 Å². The lowest BCUT2D eigenvalue weighted by Gasteiger charge is -2.24. The Balaban J connectivity index is 1.66. The van der Waals surface area contributed by atoms with E-state index in [1.54, 1.807) is 30.0 Å². The van der Waals surface area contributed by atoms with Crippen LogP contribution in [0.4, 0.5) is 4.39 Å². The van der Waals surface area contributed by atoms with Gasteiger partial charge in [-0.2, -0.15) is 0 Å². The normalized spacial score (nSPS) is 16.2. The van der Waals surface area contributed by atoms with Crippen molar-refractivity contribution in [3.05, 3.63) is 71.5 Å². The highest BCUT2D eigenvalue weighted by Gasteiger charge is 2.26. The second-order valence-electron chi connectivity index (χ2n) is 6.05. The molecule has 25 heavy (non-hydrogen) atoms. The maximum atomic E-state index is 13.9. The zero-order valence-corrected chi connectivity index (χ0v) is 14.2. The first kappa shape index (κ1) is 17.1. The Morgan fingerprint density at radius 3 is 2.64 bits per heavy atom. The molecule has 0 radical (unpaired) electrons. The zero-order chi connectivity index (χ0) is 17.6. The minimum atomic E-state index is -0.301. The second-order valence-corrected chi connectivity index (χ2v) is 6.05. The van der Waals surface area contributed by atoms with E-state index in [2.05, 4.69) is 5.16 Å². The summed E-state index contributed by atoms with van der Waals surface area (Å²) < 4.78 is 13.9. The van der Waals surface area contributed by atoms with Crippen LogP contribution in [0.1, 0.15) is 30.9 Å². The van der Waals surface area contributed by atoms with Gasteiger partial charge in [0.2, 0.25) is 5.91 Å². The molecule has 5 heteroatoms. The lowest BCUT2D eigenvalue weighted by molar-refractivity contribution is -0.133. The van der Waals surface area contributed by atoms with Crippen LogP contribution in [0.15, 0.2) is 59.8 Å². The third-order valence-corrected chi connectivity index (χ3v) is 4.24.